The lowest BCUT2D eigenvalue weighted by Gasteiger charge is -2.18. The number of carbonyl (C=O) groups is 1. The van der Waals surface area contributed by atoms with E-state index in [0.717, 1.165) is 5.69 Å². The van der Waals surface area contributed by atoms with Crippen molar-refractivity contribution < 1.29 is 9.53 Å². The van der Waals surface area contributed by atoms with Crippen molar-refractivity contribution in [1.82, 2.24) is 4.98 Å². The Kier molecular flexibility index (Phi) is 3.52. The molecule has 0 saturated heterocycles. The van der Waals surface area contributed by atoms with Gasteiger partial charge < -0.3 is 9.72 Å². The molecule has 16 heavy (non-hydrogen) atoms. The second-order valence-corrected chi connectivity index (χ2v) is 4.60. The summed E-state index contributed by atoms with van der Waals surface area (Å²) in [5.74, 6) is -0.579. The van der Waals surface area contributed by atoms with Gasteiger partial charge in [0.05, 0.1) is 6.61 Å². The Labute approximate surface area is 94.6 Å². The zero-order valence-corrected chi connectivity index (χ0v) is 10.1. The van der Waals surface area contributed by atoms with Crippen molar-refractivity contribution in [2.24, 2.45) is 0 Å². The molecule has 1 N–H and O–H groups in total. The van der Waals surface area contributed by atoms with Crippen LogP contribution in [0.5, 0.6) is 0 Å². The lowest BCUT2D eigenvalue weighted by Crippen LogP contribution is -2.22. The third kappa shape index (κ3) is 2.72. The number of esters is 1. The number of nitrogens with one attached hydrogen (secondary N) is 1. The summed E-state index contributed by atoms with van der Waals surface area (Å²) in [6, 6.07) is 1.45. The van der Waals surface area contributed by atoms with Crippen LogP contribution in [0.2, 0.25) is 0 Å². The summed E-state index contributed by atoms with van der Waals surface area (Å²) in [5.41, 5.74) is 0.398. The molecule has 1 heterocycles. The first-order chi connectivity index (χ1) is 7.36. The van der Waals surface area contributed by atoms with Gasteiger partial charge in [-0.3, -0.25) is 4.79 Å². The van der Waals surface area contributed by atoms with Gasteiger partial charge in [0.25, 0.3) is 0 Å². The number of hydrogen-bond acceptors (Lipinski definition) is 3. The van der Waals surface area contributed by atoms with E-state index >= 15 is 0 Å². The van der Waals surface area contributed by atoms with Crippen LogP contribution in [-0.2, 0) is 10.2 Å². The van der Waals surface area contributed by atoms with Crippen molar-refractivity contribution in [3.8, 4) is 0 Å². The minimum atomic E-state index is -0.579. The van der Waals surface area contributed by atoms with Gasteiger partial charge in [-0.05, 0) is 6.92 Å². The maximum Gasteiger partial charge on any atom is 0.343 e. The Balaban J connectivity index is 3.11. The van der Waals surface area contributed by atoms with E-state index in [-0.39, 0.29) is 23.0 Å². The van der Waals surface area contributed by atoms with E-state index in [0.29, 0.717) is 0 Å². The van der Waals surface area contributed by atoms with Gasteiger partial charge in [0.15, 0.2) is 5.43 Å². The molecular weight excluding hydrogens is 206 g/mol. The number of H-pyrrole nitrogens is 1. The van der Waals surface area contributed by atoms with Gasteiger partial charge in [-0.2, -0.15) is 0 Å². The monoisotopic (exact) mass is 223 g/mol. The molecule has 0 aliphatic rings. The second-order valence-electron chi connectivity index (χ2n) is 4.60. The third-order valence-electron chi connectivity index (χ3n) is 2.22. The summed E-state index contributed by atoms with van der Waals surface area (Å²) in [6.07, 6.45) is 1.42. The fourth-order valence-electron chi connectivity index (χ4n) is 1.27. The number of pyridine rings is 1. The summed E-state index contributed by atoms with van der Waals surface area (Å²) >= 11 is 0. The summed E-state index contributed by atoms with van der Waals surface area (Å²) < 4.78 is 4.78. The highest BCUT2D eigenvalue weighted by Gasteiger charge is 2.18. The Hall–Kier alpha value is -1.58. The van der Waals surface area contributed by atoms with Crippen LogP contribution in [-0.4, -0.2) is 17.6 Å². The molecule has 1 aromatic heterocycles. The lowest BCUT2D eigenvalue weighted by atomic mass is 9.91. The normalized spacial score (nSPS) is 11.2. The molecule has 0 amide bonds. The van der Waals surface area contributed by atoms with E-state index in [1.54, 1.807) is 6.92 Å². The van der Waals surface area contributed by atoms with E-state index < -0.39 is 5.97 Å². The van der Waals surface area contributed by atoms with Gasteiger partial charge >= 0.3 is 5.97 Å². The van der Waals surface area contributed by atoms with Crippen LogP contribution in [0.4, 0.5) is 0 Å². The van der Waals surface area contributed by atoms with Gasteiger partial charge in [0, 0.05) is 23.4 Å². The number of aromatic nitrogens is 1. The van der Waals surface area contributed by atoms with E-state index in [1.165, 1.54) is 12.3 Å². The SMILES string of the molecule is CCOC(=O)c1c[nH]c(C(C)(C)C)cc1=O. The Bertz CT molecular complexity index is 440. The zero-order chi connectivity index (χ0) is 12.3. The predicted molar refractivity (Wildman–Crippen MR) is 61.7 cm³/mol. The molecule has 0 fully saturated rings. The predicted octanol–water partition coefficient (Wildman–Crippen LogP) is 1.85. The largest absolute Gasteiger partial charge is 0.462 e. The quantitative estimate of drug-likeness (QED) is 0.778. The first-order valence-electron chi connectivity index (χ1n) is 5.26. The van der Waals surface area contributed by atoms with Crippen LogP contribution < -0.4 is 5.43 Å². The molecule has 0 radical (unpaired) electrons. The third-order valence-corrected chi connectivity index (χ3v) is 2.22. The average Bonchev–Trinajstić information content (AvgIpc) is 2.16. The lowest BCUT2D eigenvalue weighted by molar-refractivity contribution is 0.0524. The molecule has 1 rings (SSSR count). The van der Waals surface area contributed by atoms with Crippen LogP contribution in [0.1, 0.15) is 43.7 Å². The summed E-state index contributed by atoms with van der Waals surface area (Å²) in [7, 11) is 0. The van der Waals surface area contributed by atoms with Crippen molar-refractivity contribution in [2.45, 2.75) is 33.1 Å². The highest BCUT2D eigenvalue weighted by molar-refractivity contribution is 5.88. The van der Waals surface area contributed by atoms with Gasteiger partial charge in [-0.1, -0.05) is 20.8 Å². The van der Waals surface area contributed by atoms with Crippen LogP contribution in [0.3, 0.4) is 0 Å². The Morgan fingerprint density at radius 3 is 2.50 bits per heavy atom. The minimum absolute atomic E-state index is 0.0508. The fourth-order valence-corrected chi connectivity index (χ4v) is 1.27. The van der Waals surface area contributed by atoms with Gasteiger partial charge in [0.2, 0.25) is 0 Å². The van der Waals surface area contributed by atoms with Crippen molar-refractivity contribution >= 4 is 5.97 Å². The zero-order valence-electron chi connectivity index (χ0n) is 10.1. The molecule has 0 bridgehead atoms. The summed E-state index contributed by atoms with van der Waals surface area (Å²) in [6.45, 7) is 7.93. The van der Waals surface area contributed by atoms with Crippen molar-refractivity contribution in [2.75, 3.05) is 6.61 Å². The molecule has 0 saturated carbocycles. The first kappa shape index (κ1) is 12.5. The smallest absolute Gasteiger partial charge is 0.343 e. The van der Waals surface area contributed by atoms with Crippen LogP contribution >= 0.6 is 0 Å². The molecule has 0 spiro atoms. The van der Waals surface area contributed by atoms with E-state index in [4.69, 9.17) is 4.74 Å². The highest BCUT2D eigenvalue weighted by Crippen LogP contribution is 2.18. The topological polar surface area (TPSA) is 59.2 Å². The number of hydrogen-bond donors (Lipinski definition) is 1. The molecule has 0 atom stereocenters. The molecule has 0 aliphatic carbocycles. The van der Waals surface area contributed by atoms with Crippen LogP contribution in [0, 0.1) is 0 Å². The van der Waals surface area contributed by atoms with Crippen molar-refractivity contribution in [3.05, 3.63) is 33.7 Å². The number of rotatable bonds is 2. The van der Waals surface area contributed by atoms with Crippen molar-refractivity contribution in [1.29, 1.82) is 0 Å². The molecule has 4 heteroatoms. The molecule has 0 aromatic carbocycles. The summed E-state index contributed by atoms with van der Waals surface area (Å²) in [4.78, 5) is 26.0. The standard InChI is InChI=1S/C12H17NO3/c1-5-16-11(15)8-7-13-10(6-9(8)14)12(2,3)4/h6-7H,5H2,1-4H3,(H,13,14). The molecule has 0 unspecified atom stereocenters. The van der Waals surface area contributed by atoms with Crippen LogP contribution in [0.15, 0.2) is 17.1 Å². The number of carbonyl (C=O) groups excluding carboxylic acids is 1. The molecule has 1 aromatic rings. The number of aromatic amines is 1. The van der Waals surface area contributed by atoms with Gasteiger partial charge in [-0.25, -0.2) is 4.79 Å². The van der Waals surface area contributed by atoms with Gasteiger partial charge in [-0.15, -0.1) is 0 Å². The average molecular weight is 223 g/mol. The highest BCUT2D eigenvalue weighted by atomic mass is 16.5. The molecule has 0 aliphatic heterocycles. The molecule has 88 valence electrons. The maximum absolute atomic E-state index is 11.7. The van der Waals surface area contributed by atoms with E-state index in [9.17, 15) is 9.59 Å². The molecule has 4 nitrogen and oxygen atoms in total. The Morgan fingerprint density at radius 1 is 1.44 bits per heavy atom. The van der Waals surface area contributed by atoms with E-state index in [1.807, 2.05) is 20.8 Å². The minimum Gasteiger partial charge on any atom is -0.462 e. The van der Waals surface area contributed by atoms with E-state index in [2.05, 4.69) is 4.98 Å². The first-order valence-corrected chi connectivity index (χ1v) is 5.26. The van der Waals surface area contributed by atoms with Crippen molar-refractivity contribution in [3.63, 3.8) is 0 Å². The summed E-state index contributed by atoms with van der Waals surface area (Å²) in [5, 5.41) is 0. The fraction of sp³-hybridized carbons (Fsp3) is 0.500. The maximum atomic E-state index is 11.7. The molecular formula is C12H17NO3. The van der Waals surface area contributed by atoms with Crippen LogP contribution in [0.25, 0.3) is 0 Å². The number of ether oxygens (including phenoxy) is 1. The van der Waals surface area contributed by atoms with Gasteiger partial charge in [0.1, 0.15) is 5.56 Å². The Morgan fingerprint density at radius 2 is 2.06 bits per heavy atom. The second kappa shape index (κ2) is 4.51.